The van der Waals surface area contributed by atoms with Gasteiger partial charge in [-0.1, -0.05) is 19.0 Å². The van der Waals surface area contributed by atoms with E-state index in [-0.39, 0.29) is 11.3 Å². The van der Waals surface area contributed by atoms with Gasteiger partial charge in [0.1, 0.15) is 23.6 Å². The van der Waals surface area contributed by atoms with Crippen LogP contribution >= 0.6 is 11.3 Å². The van der Waals surface area contributed by atoms with Crippen LogP contribution in [-0.2, 0) is 16.2 Å². The molecule has 1 saturated carbocycles. The van der Waals surface area contributed by atoms with Crippen LogP contribution in [0.3, 0.4) is 0 Å². The molecule has 8 nitrogen and oxygen atoms in total. The molecule has 0 bridgehead atoms. The number of aromatic nitrogens is 3. The Morgan fingerprint density at radius 1 is 1.24 bits per heavy atom. The summed E-state index contributed by atoms with van der Waals surface area (Å²) in [7, 11) is 0. The SMILES string of the molecule is CC1(C)CCC(=[NH2+])C2(CC(c3csc(C4CCN(C(=O)Cn5nc(C(F)F)cc5C(F)F)CC4)n3)=NO2)C1. The minimum Gasteiger partial charge on any atom is -0.378 e. The number of hydrogen-bond acceptors (Lipinski definition) is 6. The summed E-state index contributed by atoms with van der Waals surface area (Å²) < 4.78 is 53.0. The molecule has 4 heterocycles. The van der Waals surface area contributed by atoms with Gasteiger partial charge in [-0.25, -0.2) is 22.5 Å². The van der Waals surface area contributed by atoms with Crippen LogP contribution in [0.4, 0.5) is 17.6 Å². The van der Waals surface area contributed by atoms with Gasteiger partial charge in [-0.2, -0.15) is 5.10 Å². The molecule has 1 amide bonds. The molecule has 1 aliphatic carbocycles. The van der Waals surface area contributed by atoms with Crippen LogP contribution in [0.25, 0.3) is 0 Å². The molecular weight excluding hydrogens is 524 g/mol. The monoisotopic (exact) mass is 555 g/mol. The van der Waals surface area contributed by atoms with Crippen LogP contribution in [0.2, 0.25) is 0 Å². The maximum Gasteiger partial charge on any atom is 0.282 e. The number of nitrogens with two attached hydrogens (primary N) is 1. The third kappa shape index (κ3) is 5.21. The lowest BCUT2D eigenvalue weighted by atomic mass is 9.67. The van der Waals surface area contributed by atoms with Crippen molar-refractivity contribution >= 4 is 28.7 Å². The van der Waals surface area contributed by atoms with Gasteiger partial charge in [0.05, 0.1) is 10.7 Å². The fraction of sp³-hybridized carbons (Fsp3) is 0.640. The number of piperidine rings is 1. The third-order valence-corrected chi connectivity index (χ3v) is 8.79. The minimum absolute atomic E-state index is 0.121. The van der Waals surface area contributed by atoms with Crippen molar-refractivity contribution in [1.82, 2.24) is 19.7 Å². The normalized spacial score (nSPS) is 23.9. The smallest absolute Gasteiger partial charge is 0.282 e. The van der Waals surface area contributed by atoms with E-state index in [2.05, 4.69) is 24.1 Å². The summed E-state index contributed by atoms with van der Waals surface area (Å²) >= 11 is 1.54. The predicted molar refractivity (Wildman–Crippen MR) is 132 cm³/mol. The molecule has 3 aliphatic rings. The first kappa shape index (κ1) is 26.8. The van der Waals surface area contributed by atoms with Crippen molar-refractivity contribution in [2.75, 3.05) is 13.1 Å². The summed E-state index contributed by atoms with van der Waals surface area (Å²) in [4.78, 5) is 25.1. The number of nitrogens with zero attached hydrogens (tertiary/aromatic N) is 5. The average Bonchev–Trinajstić information content (AvgIpc) is 3.61. The van der Waals surface area contributed by atoms with E-state index in [1.807, 2.05) is 5.38 Å². The van der Waals surface area contributed by atoms with Gasteiger partial charge in [0.15, 0.2) is 5.71 Å². The molecule has 38 heavy (non-hydrogen) atoms. The number of likely N-dealkylation sites (tertiary alicyclic amines) is 1. The minimum atomic E-state index is -3.00. The Morgan fingerprint density at radius 2 is 1.97 bits per heavy atom. The van der Waals surface area contributed by atoms with Gasteiger partial charge in [0, 0.05) is 43.6 Å². The van der Waals surface area contributed by atoms with Crippen LogP contribution in [0.15, 0.2) is 16.6 Å². The predicted octanol–water partition coefficient (Wildman–Crippen LogP) is 3.89. The molecule has 2 fully saturated rings. The van der Waals surface area contributed by atoms with Crippen LogP contribution in [-0.4, -0.2) is 55.7 Å². The summed E-state index contributed by atoms with van der Waals surface area (Å²) in [5.41, 5.74) is 0.516. The van der Waals surface area contributed by atoms with Crippen LogP contribution < -0.4 is 5.41 Å². The van der Waals surface area contributed by atoms with E-state index in [1.165, 1.54) is 0 Å². The lowest BCUT2D eigenvalue weighted by Crippen LogP contribution is -2.59. The zero-order valence-electron chi connectivity index (χ0n) is 21.3. The van der Waals surface area contributed by atoms with Crippen molar-refractivity contribution in [2.45, 2.75) is 83.3 Å². The van der Waals surface area contributed by atoms with E-state index < -0.39 is 42.3 Å². The van der Waals surface area contributed by atoms with E-state index in [0.717, 1.165) is 41.4 Å². The van der Waals surface area contributed by atoms with E-state index in [1.54, 1.807) is 16.2 Å². The highest BCUT2D eigenvalue weighted by Crippen LogP contribution is 2.45. The number of oxime groups is 1. The third-order valence-electron chi connectivity index (χ3n) is 7.78. The fourth-order valence-corrected chi connectivity index (χ4v) is 6.63. The molecule has 0 radical (unpaired) electrons. The molecule has 0 aromatic carbocycles. The Kier molecular flexibility index (Phi) is 7.08. The second-order valence-electron chi connectivity index (χ2n) is 11.1. The van der Waals surface area contributed by atoms with Crippen LogP contribution in [0.5, 0.6) is 0 Å². The maximum atomic E-state index is 13.2. The lowest BCUT2D eigenvalue weighted by molar-refractivity contribution is -0.151. The molecule has 5 rings (SSSR count). The molecule has 1 spiro atoms. The first-order chi connectivity index (χ1) is 18.0. The van der Waals surface area contributed by atoms with Crippen LogP contribution in [0.1, 0.15) is 93.2 Å². The number of thiazole rings is 1. The molecule has 1 saturated heterocycles. The van der Waals surface area contributed by atoms with Crippen LogP contribution in [0, 0.1) is 5.41 Å². The number of hydrogen-bond donors (Lipinski definition) is 1. The second-order valence-corrected chi connectivity index (χ2v) is 12.0. The highest BCUT2D eigenvalue weighted by molar-refractivity contribution is 7.10. The molecule has 206 valence electrons. The maximum absolute atomic E-state index is 13.2. The Labute approximate surface area is 221 Å². The van der Waals surface area contributed by atoms with Gasteiger partial charge in [-0.3, -0.25) is 14.9 Å². The first-order valence-corrected chi connectivity index (χ1v) is 13.6. The van der Waals surface area contributed by atoms with Gasteiger partial charge in [-0.15, -0.1) is 11.3 Å². The van der Waals surface area contributed by atoms with Crippen molar-refractivity contribution in [3.63, 3.8) is 0 Å². The molecule has 1 unspecified atom stereocenters. The van der Waals surface area contributed by atoms with Gasteiger partial charge < -0.3 is 9.74 Å². The highest BCUT2D eigenvalue weighted by atomic mass is 32.1. The lowest BCUT2D eigenvalue weighted by Gasteiger charge is -2.38. The van der Waals surface area contributed by atoms with Gasteiger partial charge in [-0.05, 0) is 30.7 Å². The quantitative estimate of drug-likeness (QED) is 0.547. The van der Waals surface area contributed by atoms with E-state index >= 15 is 0 Å². The number of amides is 1. The van der Waals surface area contributed by atoms with E-state index in [4.69, 9.17) is 15.2 Å². The number of carbonyl (C=O) groups is 1. The topological polar surface area (TPSA) is 98.2 Å². The van der Waals surface area contributed by atoms with Gasteiger partial charge in [0.2, 0.25) is 11.5 Å². The molecule has 2 aliphatic heterocycles. The van der Waals surface area contributed by atoms with E-state index in [0.29, 0.717) is 43.1 Å². The molecule has 2 aromatic rings. The molecular formula is C25H31F4N6O2S+. The Morgan fingerprint density at radius 3 is 2.66 bits per heavy atom. The summed E-state index contributed by atoms with van der Waals surface area (Å²) in [6.07, 6.45) is -1.44. The van der Waals surface area contributed by atoms with Crippen molar-refractivity contribution in [1.29, 1.82) is 0 Å². The summed E-state index contributed by atoms with van der Waals surface area (Å²) in [6.45, 7) is 4.76. The Hall–Kier alpha value is -2.83. The van der Waals surface area contributed by atoms with Crippen molar-refractivity contribution in [3.8, 4) is 0 Å². The van der Waals surface area contributed by atoms with Gasteiger partial charge in [0.25, 0.3) is 12.9 Å². The summed E-state index contributed by atoms with van der Waals surface area (Å²) in [5, 5.41) is 17.2. The van der Waals surface area contributed by atoms with Crippen molar-refractivity contribution in [3.05, 3.63) is 33.5 Å². The molecule has 13 heteroatoms. The second kappa shape index (κ2) is 10.0. The summed E-state index contributed by atoms with van der Waals surface area (Å²) in [5.74, 6) is -0.284. The van der Waals surface area contributed by atoms with Crippen molar-refractivity contribution in [2.24, 2.45) is 10.6 Å². The number of alkyl halides is 4. The molecule has 2 N–H and O–H groups in total. The number of halogens is 4. The zero-order valence-corrected chi connectivity index (χ0v) is 22.1. The number of carbonyl (C=O) groups excluding carboxylic acids is 1. The van der Waals surface area contributed by atoms with E-state index in [9.17, 15) is 22.4 Å². The molecule has 1 atom stereocenters. The first-order valence-electron chi connectivity index (χ1n) is 12.7. The van der Waals surface area contributed by atoms with Gasteiger partial charge >= 0.3 is 0 Å². The summed E-state index contributed by atoms with van der Waals surface area (Å²) in [6, 6.07) is 0.651. The molecule has 2 aromatic heterocycles. The van der Waals surface area contributed by atoms with Crippen molar-refractivity contribution < 1.29 is 32.6 Å². The Bertz CT molecular complexity index is 1250. The fourth-order valence-electron chi connectivity index (χ4n) is 5.63. The number of rotatable bonds is 6. The zero-order chi connectivity index (χ0) is 27.2. The average molecular weight is 556 g/mol. The highest BCUT2D eigenvalue weighted by Gasteiger charge is 2.53. The standard InChI is InChI=1S/C25H30F4N6O2S/c1-24(2)6-3-19(30)25(13-24)10-16(33-37-25)17-12-38-23(31-17)14-4-7-34(8-5-14)20(36)11-35-18(22(28)29)9-15(32-35)21(26)27/h9,12,14,21-22,30H,3-8,10-11,13H2,1-2H3/p+1. The largest absolute Gasteiger partial charge is 0.378 e. The Balaban J connectivity index is 1.18.